The molecule has 0 aromatic heterocycles. The van der Waals surface area contributed by atoms with Crippen molar-refractivity contribution in [2.24, 2.45) is 0 Å². The van der Waals surface area contributed by atoms with Gasteiger partial charge in [-0.1, -0.05) is 0 Å². The summed E-state index contributed by atoms with van der Waals surface area (Å²) in [5, 5.41) is 19.0. The lowest BCUT2D eigenvalue weighted by Gasteiger charge is -2.31. The molecule has 41 valence electrons. The van der Waals surface area contributed by atoms with Crippen LogP contribution in [0.25, 0.3) is 0 Å². The molecule has 0 amide bonds. The molecule has 1 radical (unpaired) electrons. The van der Waals surface area contributed by atoms with Crippen molar-refractivity contribution in [2.75, 3.05) is 6.61 Å². The molecule has 0 bridgehead atoms. The van der Waals surface area contributed by atoms with E-state index in [0.717, 1.165) is 6.42 Å². The fraction of sp³-hybridized carbons (Fsp3) is 1.00. The Labute approximate surface area is 42.8 Å². The summed E-state index contributed by atoms with van der Waals surface area (Å²) in [4.78, 5) is 0. The highest BCUT2D eigenvalue weighted by molar-refractivity contribution is 4.85. The summed E-state index contributed by atoms with van der Waals surface area (Å²) >= 11 is 0. The van der Waals surface area contributed by atoms with Crippen LogP contribution in [0.5, 0.6) is 0 Å². The van der Waals surface area contributed by atoms with Crippen LogP contribution in [0.15, 0.2) is 0 Å². The standard InChI is InChI=1S/C5H9O2/c6-4-5(7)2-1-3-5/h6H,1-4H2. The van der Waals surface area contributed by atoms with Crippen LogP contribution in [-0.2, 0) is 5.11 Å². The van der Waals surface area contributed by atoms with Crippen LogP contribution in [0.3, 0.4) is 0 Å². The molecule has 0 spiro atoms. The third kappa shape index (κ3) is 0.763. The Bertz CT molecular complexity index is 61.0. The summed E-state index contributed by atoms with van der Waals surface area (Å²) in [6.07, 6.45) is 2.34. The third-order valence-corrected chi connectivity index (χ3v) is 1.55. The van der Waals surface area contributed by atoms with Crippen LogP contribution < -0.4 is 0 Å². The van der Waals surface area contributed by atoms with Crippen molar-refractivity contribution < 1.29 is 10.2 Å². The van der Waals surface area contributed by atoms with Crippen LogP contribution >= 0.6 is 0 Å². The second-order valence-electron chi connectivity index (χ2n) is 2.19. The molecule has 7 heavy (non-hydrogen) atoms. The van der Waals surface area contributed by atoms with Gasteiger partial charge in [0.15, 0.2) is 0 Å². The van der Waals surface area contributed by atoms with Crippen LogP contribution in [0.2, 0.25) is 0 Å². The maximum Gasteiger partial charge on any atom is 0.126 e. The van der Waals surface area contributed by atoms with E-state index >= 15 is 0 Å². The first kappa shape index (κ1) is 5.06. The molecule has 1 rings (SSSR count). The lowest BCUT2D eigenvalue weighted by atomic mass is 9.81. The summed E-state index contributed by atoms with van der Waals surface area (Å²) in [6, 6.07) is 0. The van der Waals surface area contributed by atoms with Gasteiger partial charge in [0.05, 0.1) is 6.61 Å². The van der Waals surface area contributed by atoms with Crippen LogP contribution in [-0.4, -0.2) is 17.3 Å². The Morgan fingerprint density at radius 3 is 2.14 bits per heavy atom. The zero-order valence-electron chi connectivity index (χ0n) is 4.18. The average Bonchev–Trinajstić information content (AvgIpc) is 1.61. The third-order valence-electron chi connectivity index (χ3n) is 1.55. The minimum Gasteiger partial charge on any atom is -0.393 e. The van der Waals surface area contributed by atoms with E-state index in [-0.39, 0.29) is 6.61 Å². The van der Waals surface area contributed by atoms with E-state index in [4.69, 9.17) is 5.11 Å². The first-order valence-corrected chi connectivity index (χ1v) is 2.58. The quantitative estimate of drug-likeness (QED) is 0.508. The molecular weight excluding hydrogens is 92.1 g/mol. The van der Waals surface area contributed by atoms with Crippen molar-refractivity contribution >= 4 is 0 Å². The Kier molecular flexibility index (Phi) is 1.05. The van der Waals surface area contributed by atoms with Gasteiger partial charge in [0.25, 0.3) is 0 Å². The molecule has 1 fully saturated rings. The monoisotopic (exact) mass is 101 g/mol. The van der Waals surface area contributed by atoms with Gasteiger partial charge < -0.3 is 5.11 Å². The van der Waals surface area contributed by atoms with Crippen molar-refractivity contribution in [3.8, 4) is 0 Å². The van der Waals surface area contributed by atoms with E-state index in [1.807, 2.05) is 0 Å². The molecule has 0 aromatic carbocycles. The van der Waals surface area contributed by atoms with Gasteiger partial charge in [-0.05, 0) is 19.3 Å². The molecular formula is C5H9O2. The predicted molar refractivity (Wildman–Crippen MR) is 24.4 cm³/mol. The minimum absolute atomic E-state index is 0.174. The number of hydrogen-bond donors (Lipinski definition) is 1. The lowest BCUT2D eigenvalue weighted by molar-refractivity contribution is -0.123. The Balaban J connectivity index is 2.29. The minimum atomic E-state index is -0.931. The van der Waals surface area contributed by atoms with Gasteiger partial charge in [-0.3, -0.25) is 0 Å². The Hall–Kier alpha value is -0.0800. The van der Waals surface area contributed by atoms with Gasteiger partial charge in [-0.15, -0.1) is 0 Å². The fourth-order valence-corrected chi connectivity index (χ4v) is 0.729. The van der Waals surface area contributed by atoms with Crippen LogP contribution in [0.4, 0.5) is 0 Å². The van der Waals surface area contributed by atoms with Crippen LogP contribution in [0.1, 0.15) is 19.3 Å². The predicted octanol–water partition coefficient (Wildman–Crippen LogP) is 0.332. The smallest absolute Gasteiger partial charge is 0.126 e. The average molecular weight is 101 g/mol. The van der Waals surface area contributed by atoms with Crippen molar-refractivity contribution in [1.29, 1.82) is 0 Å². The fourth-order valence-electron chi connectivity index (χ4n) is 0.729. The van der Waals surface area contributed by atoms with E-state index in [9.17, 15) is 5.11 Å². The molecule has 0 saturated heterocycles. The lowest BCUT2D eigenvalue weighted by Crippen LogP contribution is -2.38. The van der Waals surface area contributed by atoms with Crippen LogP contribution in [0, 0.1) is 0 Å². The first-order valence-electron chi connectivity index (χ1n) is 2.58. The van der Waals surface area contributed by atoms with E-state index in [1.54, 1.807) is 0 Å². The molecule has 2 heteroatoms. The number of hydrogen-bond acceptors (Lipinski definition) is 1. The summed E-state index contributed by atoms with van der Waals surface area (Å²) < 4.78 is 0. The van der Waals surface area contributed by atoms with Crippen molar-refractivity contribution in [1.82, 2.24) is 0 Å². The second-order valence-corrected chi connectivity index (χ2v) is 2.19. The maximum absolute atomic E-state index is 10.7. The topological polar surface area (TPSA) is 40.1 Å². The number of aliphatic hydroxyl groups excluding tert-OH is 1. The molecule has 0 unspecified atom stereocenters. The molecule has 1 aliphatic rings. The van der Waals surface area contributed by atoms with E-state index < -0.39 is 5.60 Å². The molecule has 0 atom stereocenters. The zero-order valence-corrected chi connectivity index (χ0v) is 4.18. The summed E-state index contributed by atoms with van der Waals surface area (Å²) in [7, 11) is 0. The molecule has 2 nitrogen and oxygen atoms in total. The second kappa shape index (κ2) is 1.46. The SMILES string of the molecule is [O]C1(CO)CCC1. The van der Waals surface area contributed by atoms with E-state index in [1.165, 1.54) is 0 Å². The first-order chi connectivity index (χ1) is 3.27. The van der Waals surface area contributed by atoms with Gasteiger partial charge in [0.1, 0.15) is 5.60 Å². The van der Waals surface area contributed by atoms with Crippen molar-refractivity contribution in [3.63, 3.8) is 0 Å². The van der Waals surface area contributed by atoms with Gasteiger partial charge >= 0.3 is 0 Å². The van der Waals surface area contributed by atoms with Crippen molar-refractivity contribution in [3.05, 3.63) is 0 Å². The molecule has 0 aliphatic heterocycles. The molecule has 0 heterocycles. The Morgan fingerprint density at radius 1 is 1.57 bits per heavy atom. The Morgan fingerprint density at radius 2 is 2.14 bits per heavy atom. The van der Waals surface area contributed by atoms with Gasteiger partial charge in [-0.2, -0.15) is 0 Å². The van der Waals surface area contributed by atoms with E-state index in [2.05, 4.69) is 0 Å². The molecule has 1 saturated carbocycles. The van der Waals surface area contributed by atoms with Gasteiger partial charge in [0.2, 0.25) is 0 Å². The maximum atomic E-state index is 10.7. The van der Waals surface area contributed by atoms with Crippen molar-refractivity contribution in [2.45, 2.75) is 24.9 Å². The largest absolute Gasteiger partial charge is 0.393 e. The molecule has 0 aromatic rings. The highest BCUT2D eigenvalue weighted by Crippen LogP contribution is 2.31. The highest BCUT2D eigenvalue weighted by Gasteiger charge is 2.35. The van der Waals surface area contributed by atoms with E-state index in [0.29, 0.717) is 12.8 Å². The zero-order chi connectivity index (χ0) is 5.33. The summed E-state index contributed by atoms with van der Waals surface area (Å²) in [6.45, 7) is -0.174. The molecule has 1 aliphatic carbocycles. The highest BCUT2D eigenvalue weighted by atomic mass is 16.3. The summed E-state index contributed by atoms with van der Waals surface area (Å²) in [5.74, 6) is 0. The van der Waals surface area contributed by atoms with Gasteiger partial charge in [0, 0.05) is 0 Å². The normalized spacial score (nSPS) is 26.6. The molecule has 1 N–H and O–H groups in total. The number of rotatable bonds is 1. The number of aliphatic hydroxyl groups is 1. The summed E-state index contributed by atoms with van der Waals surface area (Å²) in [5.41, 5.74) is -0.931. The van der Waals surface area contributed by atoms with Gasteiger partial charge in [-0.25, -0.2) is 5.11 Å².